The molecule has 1 rings (SSSR count). The maximum absolute atomic E-state index is 11.6. The third-order valence-electron chi connectivity index (χ3n) is 3.02. The second-order valence-electron chi connectivity index (χ2n) is 4.61. The van der Waals surface area contributed by atoms with Crippen LogP contribution >= 0.6 is 0 Å². The lowest BCUT2D eigenvalue weighted by Gasteiger charge is -2.32. The summed E-state index contributed by atoms with van der Waals surface area (Å²) in [5.74, 6) is -0.990. The van der Waals surface area contributed by atoms with Gasteiger partial charge in [0.15, 0.2) is 0 Å². The van der Waals surface area contributed by atoms with E-state index < -0.39 is 34.2 Å². The molecule has 21 heavy (non-hydrogen) atoms. The number of hydrogen-bond acceptors (Lipinski definition) is 6. The van der Waals surface area contributed by atoms with E-state index in [1.807, 2.05) is 0 Å². The Morgan fingerprint density at radius 2 is 2.33 bits per heavy atom. The van der Waals surface area contributed by atoms with Crippen LogP contribution in [0.2, 0.25) is 0 Å². The minimum atomic E-state index is -3.73. The third-order valence-corrected chi connectivity index (χ3v) is 3.59. The van der Waals surface area contributed by atoms with Crippen LogP contribution < -0.4 is 0 Å². The molecular weight excluding hydrogens is 298 g/mol. The van der Waals surface area contributed by atoms with Crippen LogP contribution in [0, 0.1) is 5.92 Å². The molecule has 0 aromatic carbocycles. The topological polar surface area (TPSA) is 118 Å². The molecule has 0 saturated heterocycles. The van der Waals surface area contributed by atoms with Crippen molar-refractivity contribution in [3.8, 4) is 0 Å². The summed E-state index contributed by atoms with van der Waals surface area (Å²) in [6.45, 7) is 3.59. The molecule has 0 radical (unpaired) electrons. The van der Waals surface area contributed by atoms with Crippen LogP contribution in [0.1, 0.15) is 12.8 Å². The summed E-state index contributed by atoms with van der Waals surface area (Å²) in [5, 5.41) is 3.56. The van der Waals surface area contributed by atoms with Crippen LogP contribution in [0.25, 0.3) is 10.4 Å². The van der Waals surface area contributed by atoms with Gasteiger partial charge in [-0.3, -0.25) is 4.18 Å². The van der Waals surface area contributed by atoms with Crippen molar-refractivity contribution in [2.75, 3.05) is 13.4 Å². The fourth-order valence-electron chi connectivity index (χ4n) is 2.24. The molecule has 0 N–H and O–H groups in total. The van der Waals surface area contributed by atoms with Gasteiger partial charge in [-0.1, -0.05) is 17.3 Å². The van der Waals surface area contributed by atoms with Gasteiger partial charge in [-0.15, -0.1) is 6.58 Å². The molecular formula is C12H17N3O5S. The number of carbonyl (C=O) groups is 1. The van der Waals surface area contributed by atoms with E-state index in [2.05, 4.69) is 21.3 Å². The highest BCUT2D eigenvalue weighted by molar-refractivity contribution is 7.86. The minimum absolute atomic E-state index is 0.0601. The van der Waals surface area contributed by atoms with E-state index in [0.29, 0.717) is 12.0 Å². The number of azide groups is 1. The van der Waals surface area contributed by atoms with Gasteiger partial charge in [0.25, 0.3) is 10.1 Å². The first-order valence-corrected chi connectivity index (χ1v) is 7.96. The second kappa shape index (κ2) is 7.26. The summed E-state index contributed by atoms with van der Waals surface area (Å²) in [7, 11) is -2.49. The predicted octanol–water partition coefficient (Wildman–Crippen LogP) is 1.71. The molecule has 0 aliphatic heterocycles. The molecule has 0 bridgehead atoms. The number of nitrogens with zero attached hydrogens (tertiary/aromatic N) is 3. The van der Waals surface area contributed by atoms with E-state index in [9.17, 15) is 13.2 Å². The summed E-state index contributed by atoms with van der Waals surface area (Å²) in [4.78, 5) is 14.3. The van der Waals surface area contributed by atoms with Crippen LogP contribution in [-0.2, 0) is 23.8 Å². The van der Waals surface area contributed by atoms with Crippen LogP contribution in [0.15, 0.2) is 29.4 Å². The lowest BCUT2D eigenvalue weighted by atomic mass is 9.82. The van der Waals surface area contributed by atoms with Crippen molar-refractivity contribution < 1.29 is 22.1 Å². The van der Waals surface area contributed by atoms with E-state index in [0.717, 1.165) is 6.26 Å². The lowest BCUT2D eigenvalue weighted by molar-refractivity contribution is -0.136. The van der Waals surface area contributed by atoms with Crippen LogP contribution in [0.3, 0.4) is 0 Å². The Morgan fingerprint density at radius 1 is 1.67 bits per heavy atom. The monoisotopic (exact) mass is 315 g/mol. The highest BCUT2D eigenvalue weighted by Crippen LogP contribution is 2.32. The molecule has 0 aromatic heterocycles. The smallest absolute Gasteiger partial charge is 0.333 e. The molecule has 0 unspecified atom stereocenters. The van der Waals surface area contributed by atoms with E-state index in [1.54, 1.807) is 12.2 Å². The zero-order chi connectivity index (χ0) is 16.0. The van der Waals surface area contributed by atoms with Crippen LogP contribution in [-0.4, -0.2) is 39.9 Å². The van der Waals surface area contributed by atoms with E-state index in [-0.39, 0.29) is 6.42 Å². The standard InChI is InChI=1S/C12H17N3O5S/c1-4-5-8-6-9(12(16)19-2)7-10(14-15-13)11(8)20-21(3,17)18/h4,6,8,10-11H,1,5,7H2,2-3H3/t8-,10-,11-/m0/s1. The fourth-order valence-corrected chi connectivity index (χ4v) is 2.91. The van der Waals surface area contributed by atoms with Crippen LogP contribution in [0.4, 0.5) is 0 Å². The average molecular weight is 315 g/mol. The van der Waals surface area contributed by atoms with Crippen molar-refractivity contribution in [3.05, 3.63) is 34.7 Å². The molecule has 0 saturated carbocycles. The SMILES string of the molecule is C=CC[C@H]1C=C(C(=O)OC)C[C@H](N=[N+]=[N-])[C@H]1OS(C)(=O)=O. The van der Waals surface area contributed by atoms with Crippen molar-refractivity contribution in [3.63, 3.8) is 0 Å². The van der Waals surface area contributed by atoms with Gasteiger partial charge in [0.1, 0.15) is 0 Å². The average Bonchev–Trinajstić information content (AvgIpc) is 2.40. The Balaban J connectivity index is 3.22. The molecule has 0 aromatic rings. The zero-order valence-electron chi connectivity index (χ0n) is 11.8. The predicted molar refractivity (Wildman–Crippen MR) is 75.7 cm³/mol. The van der Waals surface area contributed by atoms with Gasteiger partial charge in [-0.25, -0.2) is 4.79 Å². The highest BCUT2D eigenvalue weighted by Gasteiger charge is 2.37. The van der Waals surface area contributed by atoms with Gasteiger partial charge in [-0.05, 0) is 18.4 Å². The van der Waals surface area contributed by atoms with Gasteiger partial charge in [0.2, 0.25) is 0 Å². The normalized spacial score (nSPS) is 25.4. The summed E-state index contributed by atoms with van der Waals surface area (Å²) in [6, 6.07) is -0.811. The summed E-state index contributed by atoms with van der Waals surface area (Å²) >= 11 is 0. The maximum Gasteiger partial charge on any atom is 0.333 e. The largest absolute Gasteiger partial charge is 0.466 e. The first-order chi connectivity index (χ1) is 9.82. The van der Waals surface area contributed by atoms with Gasteiger partial charge in [0, 0.05) is 16.4 Å². The zero-order valence-corrected chi connectivity index (χ0v) is 12.6. The van der Waals surface area contributed by atoms with Gasteiger partial charge in [0.05, 0.1) is 25.5 Å². The number of ether oxygens (including phenoxy) is 1. The summed E-state index contributed by atoms with van der Waals surface area (Å²) in [6.07, 6.45) is 3.65. The number of rotatable bonds is 6. The van der Waals surface area contributed by atoms with Crippen molar-refractivity contribution in [2.24, 2.45) is 11.0 Å². The van der Waals surface area contributed by atoms with E-state index >= 15 is 0 Å². The molecule has 1 aliphatic carbocycles. The van der Waals surface area contributed by atoms with Gasteiger partial charge in [-0.2, -0.15) is 8.42 Å². The maximum atomic E-state index is 11.6. The number of allylic oxidation sites excluding steroid dienone is 1. The number of hydrogen-bond donors (Lipinski definition) is 0. The highest BCUT2D eigenvalue weighted by atomic mass is 32.2. The van der Waals surface area contributed by atoms with E-state index in [1.165, 1.54) is 7.11 Å². The van der Waals surface area contributed by atoms with E-state index in [4.69, 9.17) is 9.71 Å². The quantitative estimate of drug-likeness (QED) is 0.184. The van der Waals surface area contributed by atoms with Crippen molar-refractivity contribution in [1.82, 2.24) is 0 Å². The Labute approximate surface area is 123 Å². The second-order valence-corrected chi connectivity index (χ2v) is 6.21. The van der Waals surface area contributed by atoms with Crippen LogP contribution in [0.5, 0.6) is 0 Å². The Kier molecular flexibility index (Phi) is 5.95. The molecule has 0 spiro atoms. The first-order valence-electron chi connectivity index (χ1n) is 6.14. The Morgan fingerprint density at radius 3 is 2.81 bits per heavy atom. The molecule has 0 amide bonds. The third kappa shape index (κ3) is 4.89. The van der Waals surface area contributed by atoms with Crippen molar-refractivity contribution in [1.29, 1.82) is 0 Å². The fraction of sp³-hybridized carbons (Fsp3) is 0.583. The van der Waals surface area contributed by atoms with Crippen molar-refractivity contribution in [2.45, 2.75) is 25.0 Å². The van der Waals surface area contributed by atoms with Crippen molar-refractivity contribution >= 4 is 16.1 Å². The molecule has 3 atom stereocenters. The Bertz CT molecular complexity index is 592. The number of esters is 1. The number of carbonyl (C=O) groups excluding carboxylic acids is 1. The molecule has 0 fully saturated rings. The molecule has 8 nitrogen and oxygen atoms in total. The molecule has 116 valence electrons. The van der Waals surface area contributed by atoms with Gasteiger partial charge < -0.3 is 4.74 Å². The minimum Gasteiger partial charge on any atom is -0.466 e. The summed E-state index contributed by atoms with van der Waals surface area (Å²) in [5.41, 5.74) is 8.96. The molecule has 9 heteroatoms. The lowest BCUT2D eigenvalue weighted by Crippen LogP contribution is -2.40. The Hall–Kier alpha value is -1.83. The first kappa shape index (κ1) is 17.2. The van der Waals surface area contributed by atoms with Gasteiger partial charge >= 0.3 is 5.97 Å². The molecule has 1 aliphatic rings. The molecule has 0 heterocycles. The summed E-state index contributed by atoms with van der Waals surface area (Å²) < 4.78 is 32.4. The number of methoxy groups -OCH3 is 1.